The van der Waals surface area contributed by atoms with E-state index >= 15 is 0 Å². The van der Waals surface area contributed by atoms with Crippen LogP contribution >= 0.6 is 0 Å². The van der Waals surface area contributed by atoms with Gasteiger partial charge in [-0.15, -0.1) is 0 Å². The van der Waals surface area contributed by atoms with Crippen LogP contribution < -0.4 is 14.8 Å². The van der Waals surface area contributed by atoms with E-state index in [1.54, 1.807) is 73.8 Å². The Bertz CT molecular complexity index is 1220. The van der Waals surface area contributed by atoms with Crippen LogP contribution in [0.3, 0.4) is 0 Å². The summed E-state index contributed by atoms with van der Waals surface area (Å²) in [5, 5.41) is 3.09. The normalized spacial score (nSPS) is 13.5. The summed E-state index contributed by atoms with van der Waals surface area (Å²) in [5.74, 6) is -0.255. The van der Waals surface area contributed by atoms with Gasteiger partial charge in [0.05, 0.1) is 25.8 Å². The lowest BCUT2D eigenvalue weighted by atomic mass is 10.0. The molecule has 0 unspecified atom stereocenters. The molecular formula is C26H23FN2O4. The van der Waals surface area contributed by atoms with Gasteiger partial charge in [-0.05, 0) is 42.8 Å². The van der Waals surface area contributed by atoms with E-state index < -0.39 is 17.6 Å². The first-order valence-corrected chi connectivity index (χ1v) is 10.5. The fourth-order valence-electron chi connectivity index (χ4n) is 3.63. The van der Waals surface area contributed by atoms with Crippen molar-refractivity contribution in [1.82, 2.24) is 4.90 Å². The minimum atomic E-state index is -0.532. The van der Waals surface area contributed by atoms with Gasteiger partial charge in [0.1, 0.15) is 23.0 Å². The van der Waals surface area contributed by atoms with Gasteiger partial charge in [0.2, 0.25) is 0 Å². The Kier molecular flexibility index (Phi) is 6.40. The Morgan fingerprint density at radius 3 is 2.36 bits per heavy atom. The number of halogens is 1. The Hall–Kier alpha value is -4.13. The predicted octanol–water partition coefficient (Wildman–Crippen LogP) is 4.63. The molecule has 0 aromatic heterocycles. The summed E-state index contributed by atoms with van der Waals surface area (Å²) in [7, 11) is 1.55. The number of rotatable bonds is 8. The lowest BCUT2D eigenvalue weighted by Gasteiger charge is -2.16. The van der Waals surface area contributed by atoms with Crippen LogP contribution in [0.15, 0.2) is 78.5 Å². The van der Waals surface area contributed by atoms with Crippen molar-refractivity contribution >= 4 is 23.1 Å². The summed E-state index contributed by atoms with van der Waals surface area (Å²) in [6.07, 6.45) is 0. The monoisotopic (exact) mass is 446 g/mol. The highest BCUT2D eigenvalue weighted by Crippen LogP contribution is 2.33. The third-order valence-electron chi connectivity index (χ3n) is 5.25. The standard InChI is InChI=1S/C26H23FN2O4/c1-3-33-21-9-6-8-19(15-21)28-24-23(17-11-13-20(32-2)14-12-17)25(30)29(26(24)31)16-18-7-4-5-10-22(18)27/h4-15,28H,3,16H2,1-2H3. The molecule has 1 aliphatic heterocycles. The van der Waals surface area contributed by atoms with E-state index in [2.05, 4.69) is 5.32 Å². The highest BCUT2D eigenvalue weighted by molar-refractivity contribution is 6.36. The number of hydrogen-bond donors (Lipinski definition) is 1. The minimum Gasteiger partial charge on any atom is -0.497 e. The number of carbonyl (C=O) groups excluding carboxylic acids is 2. The lowest BCUT2D eigenvalue weighted by Crippen LogP contribution is -2.32. The fourth-order valence-corrected chi connectivity index (χ4v) is 3.63. The zero-order valence-electron chi connectivity index (χ0n) is 18.3. The zero-order valence-corrected chi connectivity index (χ0v) is 18.3. The van der Waals surface area contributed by atoms with E-state index in [0.29, 0.717) is 29.4 Å². The zero-order chi connectivity index (χ0) is 23.4. The molecule has 6 nitrogen and oxygen atoms in total. The first-order valence-electron chi connectivity index (χ1n) is 10.5. The van der Waals surface area contributed by atoms with E-state index in [1.165, 1.54) is 6.07 Å². The number of benzene rings is 3. The van der Waals surface area contributed by atoms with Crippen molar-refractivity contribution in [2.75, 3.05) is 19.0 Å². The van der Waals surface area contributed by atoms with Crippen LogP contribution in [-0.2, 0) is 16.1 Å². The second kappa shape index (κ2) is 9.56. The fraction of sp³-hybridized carbons (Fsp3) is 0.154. The van der Waals surface area contributed by atoms with E-state index in [0.717, 1.165) is 4.90 Å². The van der Waals surface area contributed by atoms with Gasteiger partial charge in [0.25, 0.3) is 11.8 Å². The SMILES string of the molecule is CCOc1cccc(NC2=C(c3ccc(OC)cc3)C(=O)N(Cc3ccccc3F)C2=O)c1. The highest BCUT2D eigenvalue weighted by Gasteiger charge is 2.39. The largest absolute Gasteiger partial charge is 0.497 e. The molecule has 1 N–H and O–H groups in total. The van der Waals surface area contributed by atoms with Gasteiger partial charge in [-0.25, -0.2) is 4.39 Å². The van der Waals surface area contributed by atoms with Crippen LogP contribution in [0.5, 0.6) is 11.5 Å². The van der Waals surface area contributed by atoms with Gasteiger partial charge >= 0.3 is 0 Å². The first kappa shape index (κ1) is 22.1. The average molecular weight is 446 g/mol. The van der Waals surface area contributed by atoms with E-state index in [1.807, 2.05) is 6.92 Å². The number of imide groups is 1. The molecule has 3 aromatic carbocycles. The predicted molar refractivity (Wildman–Crippen MR) is 123 cm³/mol. The number of methoxy groups -OCH3 is 1. The van der Waals surface area contributed by atoms with Crippen LogP contribution in [0.25, 0.3) is 5.57 Å². The summed E-state index contributed by atoms with van der Waals surface area (Å²) < 4.78 is 25.0. The Morgan fingerprint density at radius 2 is 1.67 bits per heavy atom. The summed E-state index contributed by atoms with van der Waals surface area (Å²) in [5.41, 5.74) is 1.73. The molecule has 2 amide bonds. The maximum Gasteiger partial charge on any atom is 0.278 e. The third kappa shape index (κ3) is 4.57. The smallest absolute Gasteiger partial charge is 0.278 e. The quantitative estimate of drug-likeness (QED) is 0.511. The second-order valence-corrected chi connectivity index (χ2v) is 7.35. The maximum absolute atomic E-state index is 14.3. The molecule has 7 heteroatoms. The van der Waals surface area contributed by atoms with Crippen LogP contribution in [0.1, 0.15) is 18.1 Å². The molecule has 0 spiro atoms. The van der Waals surface area contributed by atoms with Crippen LogP contribution in [-0.4, -0.2) is 30.4 Å². The lowest BCUT2D eigenvalue weighted by molar-refractivity contribution is -0.137. The van der Waals surface area contributed by atoms with E-state index in [9.17, 15) is 14.0 Å². The number of hydrogen-bond acceptors (Lipinski definition) is 5. The number of nitrogens with zero attached hydrogens (tertiary/aromatic N) is 1. The number of amides is 2. The van der Waals surface area contributed by atoms with Gasteiger partial charge in [-0.2, -0.15) is 0 Å². The Labute approximate surface area is 191 Å². The first-order chi connectivity index (χ1) is 16.0. The van der Waals surface area contributed by atoms with Crippen LogP contribution in [0.4, 0.5) is 10.1 Å². The molecule has 0 aliphatic carbocycles. The molecule has 33 heavy (non-hydrogen) atoms. The van der Waals surface area contributed by atoms with E-state index in [-0.39, 0.29) is 23.4 Å². The molecule has 0 bridgehead atoms. The van der Waals surface area contributed by atoms with Crippen LogP contribution in [0, 0.1) is 5.82 Å². The van der Waals surface area contributed by atoms with Gasteiger partial charge < -0.3 is 14.8 Å². The van der Waals surface area contributed by atoms with Crippen LogP contribution in [0.2, 0.25) is 0 Å². The van der Waals surface area contributed by atoms with Crippen molar-refractivity contribution in [3.63, 3.8) is 0 Å². The van der Waals surface area contributed by atoms with Crippen molar-refractivity contribution in [2.24, 2.45) is 0 Å². The van der Waals surface area contributed by atoms with Gasteiger partial charge in [0, 0.05) is 17.3 Å². The summed E-state index contributed by atoms with van der Waals surface area (Å²) >= 11 is 0. The molecule has 3 aromatic rings. The summed E-state index contributed by atoms with van der Waals surface area (Å²) in [6, 6.07) is 20.1. The van der Waals surface area contributed by atoms with Crippen molar-refractivity contribution in [2.45, 2.75) is 13.5 Å². The summed E-state index contributed by atoms with van der Waals surface area (Å²) in [6.45, 7) is 2.20. The number of nitrogens with one attached hydrogen (secondary N) is 1. The summed E-state index contributed by atoms with van der Waals surface area (Å²) in [4.78, 5) is 27.8. The maximum atomic E-state index is 14.3. The molecule has 0 radical (unpaired) electrons. The van der Waals surface area contributed by atoms with Crippen molar-refractivity contribution in [1.29, 1.82) is 0 Å². The van der Waals surface area contributed by atoms with Gasteiger partial charge in [-0.1, -0.05) is 36.4 Å². The topological polar surface area (TPSA) is 67.9 Å². The molecule has 1 heterocycles. The number of carbonyl (C=O) groups is 2. The number of ether oxygens (including phenoxy) is 2. The molecular weight excluding hydrogens is 423 g/mol. The Morgan fingerprint density at radius 1 is 0.909 bits per heavy atom. The average Bonchev–Trinajstić information content (AvgIpc) is 3.05. The molecule has 0 saturated heterocycles. The van der Waals surface area contributed by atoms with Gasteiger partial charge in [-0.3, -0.25) is 14.5 Å². The number of anilines is 1. The van der Waals surface area contributed by atoms with Crippen molar-refractivity contribution < 1.29 is 23.5 Å². The van der Waals surface area contributed by atoms with E-state index in [4.69, 9.17) is 9.47 Å². The molecule has 1 aliphatic rings. The molecule has 4 rings (SSSR count). The van der Waals surface area contributed by atoms with Gasteiger partial charge in [0.15, 0.2) is 0 Å². The molecule has 0 atom stereocenters. The third-order valence-corrected chi connectivity index (χ3v) is 5.25. The minimum absolute atomic E-state index is 0.121. The van der Waals surface area contributed by atoms with Crippen molar-refractivity contribution in [3.8, 4) is 11.5 Å². The molecule has 0 saturated carbocycles. The van der Waals surface area contributed by atoms with Crippen molar-refractivity contribution in [3.05, 3.63) is 95.4 Å². The Balaban J connectivity index is 1.73. The highest BCUT2D eigenvalue weighted by atomic mass is 19.1. The molecule has 0 fully saturated rings. The second-order valence-electron chi connectivity index (χ2n) is 7.35. The molecule has 168 valence electrons.